The van der Waals surface area contributed by atoms with Crippen molar-refractivity contribution in [1.82, 2.24) is 5.32 Å². The monoisotopic (exact) mass is 251 g/mol. The molecule has 3 nitrogen and oxygen atoms in total. The van der Waals surface area contributed by atoms with Crippen molar-refractivity contribution in [2.75, 3.05) is 13.2 Å². The third-order valence-electron chi connectivity index (χ3n) is 5.72. The molecule has 3 saturated carbocycles. The lowest BCUT2D eigenvalue weighted by Gasteiger charge is -2.15. The minimum atomic E-state index is 0.229. The Labute approximate surface area is 109 Å². The predicted molar refractivity (Wildman–Crippen MR) is 69.8 cm³/mol. The highest BCUT2D eigenvalue weighted by Gasteiger charge is 2.67. The number of aliphatic hydroxyl groups is 1. The standard InChI is InChI=1S/C15H25NO2/c1-2-9(5-6-17)8-16-15(18)14-12-10-3-4-11(7-10)13(12)14/h9-14,17H,2-8H2,1H3,(H,16,18). The highest BCUT2D eigenvalue weighted by atomic mass is 16.3. The van der Waals surface area contributed by atoms with E-state index in [1.807, 2.05) is 0 Å². The first-order valence-electron chi connectivity index (χ1n) is 7.64. The second-order valence-corrected chi connectivity index (χ2v) is 6.55. The van der Waals surface area contributed by atoms with Crippen LogP contribution in [-0.2, 0) is 4.79 Å². The van der Waals surface area contributed by atoms with Crippen molar-refractivity contribution in [2.45, 2.75) is 39.0 Å². The lowest BCUT2D eigenvalue weighted by Crippen LogP contribution is -2.32. The van der Waals surface area contributed by atoms with E-state index in [9.17, 15) is 4.79 Å². The average Bonchev–Trinajstić information content (AvgIpc) is 2.83. The molecule has 2 bridgehead atoms. The molecule has 0 aromatic heterocycles. The number of hydrogen-bond acceptors (Lipinski definition) is 2. The predicted octanol–water partition coefficient (Wildman–Crippen LogP) is 1.80. The number of fused-ring (bicyclic) bond motifs is 5. The summed E-state index contributed by atoms with van der Waals surface area (Å²) in [6, 6.07) is 0. The van der Waals surface area contributed by atoms with Gasteiger partial charge in [0.25, 0.3) is 0 Å². The summed E-state index contributed by atoms with van der Waals surface area (Å²) in [5.41, 5.74) is 0. The van der Waals surface area contributed by atoms with Gasteiger partial charge in [-0.25, -0.2) is 0 Å². The van der Waals surface area contributed by atoms with Gasteiger partial charge in [0.15, 0.2) is 0 Å². The van der Waals surface area contributed by atoms with Gasteiger partial charge in [0.2, 0.25) is 5.91 Å². The maximum Gasteiger partial charge on any atom is 0.223 e. The summed E-state index contributed by atoms with van der Waals surface area (Å²) < 4.78 is 0. The van der Waals surface area contributed by atoms with Crippen LogP contribution in [0.4, 0.5) is 0 Å². The molecule has 0 aliphatic heterocycles. The van der Waals surface area contributed by atoms with Crippen molar-refractivity contribution in [3.8, 4) is 0 Å². The van der Waals surface area contributed by atoms with Crippen LogP contribution >= 0.6 is 0 Å². The zero-order valence-corrected chi connectivity index (χ0v) is 11.3. The fourth-order valence-corrected chi connectivity index (χ4v) is 4.67. The maximum absolute atomic E-state index is 12.2. The van der Waals surface area contributed by atoms with Crippen LogP contribution in [0.5, 0.6) is 0 Å². The molecule has 2 N–H and O–H groups in total. The van der Waals surface area contributed by atoms with Gasteiger partial charge >= 0.3 is 0 Å². The number of nitrogens with one attached hydrogen (secondary N) is 1. The SMILES string of the molecule is CCC(CCO)CNC(=O)C1C2C3CCC(C3)C12. The molecular weight excluding hydrogens is 226 g/mol. The Morgan fingerprint density at radius 3 is 2.56 bits per heavy atom. The molecule has 3 aliphatic rings. The zero-order valence-electron chi connectivity index (χ0n) is 11.3. The third-order valence-corrected chi connectivity index (χ3v) is 5.72. The van der Waals surface area contributed by atoms with Crippen LogP contribution in [0.2, 0.25) is 0 Å². The molecule has 0 saturated heterocycles. The Morgan fingerprint density at radius 2 is 2.00 bits per heavy atom. The largest absolute Gasteiger partial charge is 0.396 e. The molecule has 0 aromatic carbocycles. The van der Waals surface area contributed by atoms with E-state index in [1.54, 1.807) is 0 Å². The molecule has 0 spiro atoms. The molecule has 3 aliphatic carbocycles. The van der Waals surface area contributed by atoms with Crippen LogP contribution in [0.15, 0.2) is 0 Å². The Kier molecular flexibility index (Phi) is 3.35. The lowest BCUT2D eigenvalue weighted by atomic mass is 10.0. The van der Waals surface area contributed by atoms with Gasteiger partial charge in [-0.1, -0.05) is 13.3 Å². The topological polar surface area (TPSA) is 49.3 Å². The van der Waals surface area contributed by atoms with Gasteiger partial charge in [-0.05, 0) is 55.3 Å². The van der Waals surface area contributed by atoms with Crippen LogP contribution in [-0.4, -0.2) is 24.2 Å². The highest BCUT2D eigenvalue weighted by Crippen LogP contribution is 2.69. The van der Waals surface area contributed by atoms with Crippen molar-refractivity contribution in [3.05, 3.63) is 0 Å². The van der Waals surface area contributed by atoms with Crippen LogP contribution in [0.25, 0.3) is 0 Å². The quantitative estimate of drug-likeness (QED) is 0.756. The van der Waals surface area contributed by atoms with Crippen LogP contribution < -0.4 is 5.32 Å². The van der Waals surface area contributed by atoms with E-state index in [4.69, 9.17) is 5.11 Å². The minimum Gasteiger partial charge on any atom is -0.396 e. The van der Waals surface area contributed by atoms with Crippen LogP contribution in [0.3, 0.4) is 0 Å². The van der Waals surface area contributed by atoms with Gasteiger partial charge in [-0.3, -0.25) is 4.79 Å². The third kappa shape index (κ3) is 1.97. The summed E-state index contributed by atoms with van der Waals surface area (Å²) in [6.07, 6.45) is 5.99. The lowest BCUT2D eigenvalue weighted by molar-refractivity contribution is -0.123. The normalized spacial score (nSPS) is 41.6. The second-order valence-electron chi connectivity index (χ2n) is 6.55. The zero-order chi connectivity index (χ0) is 12.7. The molecule has 1 amide bonds. The van der Waals surface area contributed by atoms with Gasteiger partial charge < -0.3 is 10.4 Å². The summed E-state index contributed by atoms with van der Waals surface area (Å²) in [7, 11) is 0. The Balaban J connectivity index is 1.46. The first kappa shape index (κ1) is 12.5. The van der Waals surface area contributed by atoms with E-state index in [0.29, 0.717) is 17.7 Å². The number of amides is 1. The van der Waals surface area contributed by atoms with Gasteiger partial charge in [0, 0.05) is 19.1 Å². The molecule has 0 aromatic rings. The molecule has 102 valence electrons. The smallest absolute Gasteiger partial charge is 0.223 e. The molecule has 0 heterocycles. The van der Waals surface area contributed by atoms with Crippen molar-refractivity contribution < 1.29 is 9.90 Å². The van der Waals surface area contributed by atoms with E-state index >= 15 is 0 Å². The van der Waals surface area contributed by atoms with E-state index in [2.05, 4.69) is 12.2 Å². The number of rotatable bonds is 6. The fourth-order valence-electron chi connectivity index (χ4n) is 4.67. The van der Waals surface area contributed by atoms with Gasteiger partial charge in [0.05, 0.1) is 0 Å². The second kappa shape index (κ2) is 4.84. The van der Waals surface area contributed by atoms with Crippen molar-refractivity contribution >= 4 is 5.91 Å². The van der Waals surface area contributed by atoms with E-state index < -0.39 is 0 Å². The molecule has 3 fully saturated rings. The molecule has 3 heteroatoms. The Hall–Kier alpha value is -0.570. The summed E-state index contributed by atoms with van der Waals surface area (Å²) in [5.74, 6) is 4.31. The summed E-state index contributed by atoms with van der Waals surface area (Å²) in [4.78, 5) is 12.2. The molecule has 3 rings (SSSR count). The summed E-state index contributed by atoms with van der Waals surface area (Å²) in [6.45, 7) is 3.10. The summed E-state index contributed by atoms with van der Waals surface area (Å²) >= 11 is 0. The maximum atomic E-state index is 12.2. The van der Waals surface area contributed by atoms with Crippen LogP contribution in [0.1, 0.15) is 39.0 Å². The first-order chi connectivity index (χ1) is 8.76. The highest BCUT2D eigenvalue weighted by molar-refractivity contribution is 5.82. The molecule has 0 radical (unpaired) electrons. The molecule has 18 heavy (non-hydrogen) atoms. The van der Waals surface area contributed by atoms with E-state index in [1.165, 1.54) is 19.3 Å². The van der Waals surface area contributed by atoms with Crippen molar-refractivity contribution in [2.24, 2.45) is 35.5 Å². The van der Waals surface area contributed by atoms with E-state index in [-0.39, 0.29) is 6.61 Å². The van der Waals surface area contributed by atoms with Crippen LogP contribution in [0, 0.1) is 35.5 Å². The molecule has 5 unspecified atom stereocenters. The average molecular weight is 251 g/mol. The molecular formula is C15H25NO2. The van der Waals surface area contributed by atoms with Gasteiger partial charge in [0.1, 0.15) is 0 Å². The van der Waals surface area contributed by atoms with Gasteiger partial charge in [-0.15, -0.1) is 0 Å². The minimum absolute atomic E-state index is 0.229. The number of carbonyl (C=O) groups is 1. The van der Waals surface area contributed by atoms with Crippen molar-refractivity contribution in [1.29, 1.82) is 0 Å². The van der Waals surface area contributed by atoms with Crippen molar-refractivity contribution in [3.63, 3.8) is 0 Å². The van der Waals surface area contributed by atoms with E-state index in [0.717, 1.165) is 43.1 Å². The Morgan fingerprint density at radius 1 is 1.33 bits per heavy atom. The summed E-state index contributed by atoms with van der Waals surface area (Å²) in [5, 5.41) is 12.1. The molecule has 5 atom stereocenters. The van der Waals surface area contributed by atoms with Gasteiger partial charge in [-0.2, -0.15) is 0 Å². The number of carbonyl (C=O) groups excluding carboxylic acids is 1. The number of aliphatic hydroxyl groups excluding tert-OH is 1. The fraction of sp³-hybridized carbons (Fsp3) is 0.933. The first-order valence-corrected chi connectivity index (χ1v) is 7.64. The Bertz CT molecular complexity index is 314. The number of hydrogen-bond donors (Lipinski definition) is 2.